The summed E-state index contributed by atoms with van der Waals surface area (Å²) in [5.41, 5.74) is 3.66. The molecule has 2 amide bonds. The molecule has 0 spiro atoms. The molecule has 9 nitrogen and oxygen atoms in total. The quantitative estimate of drug-likeness (QED) is 0.168. The summed E-state index contributed by atoms with van der Waals surface area (Å²) in [6.07, 6.45) is 2.28. The second kappa shape index (κ2) is 13.6. The van der Waals surface area contributed by atoms with E-state index >= 15 is 0 Å². The van der Waals surface area contributed by atoms with Crippen LogP contribution in [0.1, 0.15) is 39.6 Å². The third-order valence-corrected chi connectivity index (χ3v) is 5.12. The zero-order valence-electron chi connectivity index (χ0n) is 20.3. The Morgan fingerprint density at radius 2 is 1.65 bits per heavy atom. The molecule has 37 heavy (non-hydrogen) atoms. The summed E-state index contributed by atoms with van der Waals surface area (Å²) < 4.78 is 16.3. The maximum Gasteiger partial charge on any atom is 0.343 e. The van der Waals surface area contributed by atoms with Crippen LogP contribution in [0.15, 0.2) is 71.8 Å². The molecule has 0 aliphatic heterocycles. The van der Waals surface area contributed by atoms with Gasteiger partial charge in [-0.05, 0) is 78.7 Å². The van der Waals surface area contributed by atoms with E-state index in [-0.39, 0.29) is 12.3 Å². The number of esters is 1. The van der Waals surface area contributed by atoms with Gasteiger partial charge in [0.2, 0.25) is 0 Å². The van der Waals surface area contributed by atoms with Crippen molar-refractivity contribution in [2.24, 2.45) is 5.10 Å². The van der Waals surface area contributed by atoms with E-state index in [4.69, 9.17) is 25.8 Å². The number of carbonyl (C=O) groups excluding carboxylic acids is 3. The lowest BCUT2D eigenvalue weighted by Gasteiger charge is -2.10. The molecule has 0 heterocycles. The summed E-state index contributed by atoms with van der Waals surface area (Å²) in [5, 5.41) is 6.88. The van der Waals surface area contributed by atoms with Gasteiger partial charge >= 0.3 is 5.97 Å². The fourth-order valence-corrected chi connectivity index (χ4v) is 3.12. The summed E-state index contributed by atoms with van der Waals surface area (Å²) in [6.45, 7) is 2.35. The molecule has 3 rings (SSSR count). The molecule has 10 heteroatoms. The minimum Gasteiger partial charge on any atom is -0.494 e. The predicted octanol–water partition coefficient (Wildman–Crippen LogP) is 4.24. The number of halogens is 1. The van der Waals surface area contributed by atoms with Crippen LogP contribution in [0, 0.1) is 0 Å². The highest BCUT2D eigenvalue weighted by atomic mass is 35.5. The van der Waals surface area contributed by atoms with Gasteiger partial charge in [0.25, 0.3) is 11.8 Å². The predicted molar refractivity (Wildman–Crippen MR) is 140 cm³/mol. The van der Waals surface area contributed by atoms with Gasteiger partial charge in [0.15, 0.2) is 11.5 Å². The molecule has 0 radical (unpaired) electrons. The van der Waals surface area contributed by atoms with Crippen LogP contribution in [-0.2, 0) is 4.79 Å². The number of rotatable bonds is 11. The Bertz CT molecular complexity index is 1260. The van der Waals surface area contributed by atoms with Crippen molar-refractivity contribution in [1.82, 2.24) is 10.7 Å². The lowest BCUT2D eigenvalue weighted by molar-refractivity contribution is -0.120. The van der Waals surface area contributed by atoms with Gasteiger partial charge in [-0.25, -0.2) is 10.2 Å². The van der Waals surface area contributed by atoms with Gasteiger partial charge in [-0.15, -0.1) is 0 Å². The summed E-state index contributed by atoms with van der Waals surface area (Å²) in [5.74, 6) is -0.259. The van der Waals surface area contributed by atoms with Gasteiger partial charge in [0, 0.05) is 10.6 Å². The van der Waals surface area contributed by atoms with Gasteiger partial charge in [0.05, 0.1) is 32.0 Å². The highest BCUT2D eigenvalue weighted by molar-refractivity contribution is 6.30. The van der Waals surface area contributed by atoms with Gasteiger partial charge in [-0.1, -0.05) is 18.5 Å². The van der Waals surface area contributed by atoms with Crippen LogP contribution in [-0.4, -0.2) is 44.3 Å². The minimum atomic E-state index is -0.547. The number of carbonyl (C=O) groups is 3. The zero-order valence-corrected chi connectivity index (χ0v) is 21.1. The van der Waals surface area contributed by atoms with Crippen molar-refractivity contribution in [1.29, 1.82) is 0 Å². The van der Waals surface area contributed by atoms with Crippen LogP contribution < -0.4 is 25.0 Å². The molecule has 2 N–H and O–H groups in total. The number of nitrogens with one attached hydrogen (secondary N) is 2. The van der Waals surface area contributed by atoms with Crippen LogP contribution in [0.4, 0.5) is 0 Å². The molecule has 0 saturated heterocycles. The maximum atomic E-state index is 12.5. The number of benzene rings is 3. The first-order valence-electron chi connectivity index (χ1n) is 11.4. The van der Waals surface area contributed by atoms with Gasteiger partial charge < -0.3 is 19.5 Å². The number of methoxy groups -OCH3 is 1. The zero-order chi connectivity index (χ0) is 26.6. The van der Waals surface area contributed by atoms with Crippen molar-refractivity contribution in [2.45, 2.75) is 13.3 Å². The number of hydrazone groups is 1. The number of hydrogen-bond donors (Lipinski definition) is 2. The van der Waals surface area contributed by atoms with Crippen molar-refractivity contribution in [3.63, 3.8) is 0 Å². The smallest absolute Gasteiger partial charge is 0.343 e. The Morgan fingerprint density at radius 1 is 0.946 bits per heavy atom. The van der Waals surface area contributed by atoms with Crippen molar-refractivity contribution >= 4 is 35.6 Å². The maximum absolute atomic E-state index is 12.5. The Labute approximate surface area is 219 Å². The first-order chi connectivity index (χ1) is 17.9. The van der Waals surface area contributed by atoms with E-state index in [1.807, 2.05) is 6.92 Å². The molecular weight excluding hydrogens is 498 g/mol. The van der Waals surface area contributed by atoms with Crippen LogP contribution in [0.2, 0.25) is 5.02 Å². The molecule has 0 aliphatic carbocycles. The molecule has 192 valence electrons. The SMILES string of the molecule is CCCOc1ccc(C(=O)Oc2ccc(/C=N/NC(=O)CNC(=O)c3ccc(Cl)cc3)cc2OC)cc1. The molecule has 0 unspecified atom stereocenters. The largest absolute Gasteiger partial charge is 0.494 e. The number of amides is 2. The van der Waals surface area contributed by atoms with Crippen LogP contribution >= 0.6 is 11.6 Å². The van der Waals surface area contributed by atoms with Gasteiger partial charge in [-0.2, -0.15) is 5.10 Å². The molecule has 0 aliphatic rings. The topological polar surface area (TPSA) is 115 Å². The normalized spacial score (nSPS) is 10.6. The molecular formula is C27H26ClN3O6. The second-order valence-electron chi connectivity index (χ2n) is 7.66. The Hall–Kier alpha value is -4.37. The Kier molecular flexibility index (Phi) is 10.0. The third-order valence-electron chi connectivity index (χ3n) is 4.87. The summed E-state index contributed by atoms with van der Waals surface area (Å²) in [4.78, 5) is 36.6. The number of nitrogens with zero attached hydrogens (tertiary/aromatic N) is 1. The van der Waals surface area contributed by atoms with E-state index in [1.54, 1.807) is 66.7 Å². The molecule has 0 bridgehead atoms. The first-order valence-corrected chi connectivity index (χ1v) is 11.8. The van der Waals surface area contributed by atoms with Crippen LogP contribution in [0.25, 0.3) is 0 Å². The summed E-state index contributed by atoms with van der Waals surface area (Å²) >= 11 is 5.80. The third kappa shape index (κ3) is 8.36. The average Bonchev–Trinajstić information content (AvgIpc) is 2.91. The van der Waals surface area contributed by atoms with Crippen LogP contribution in [0.3, 0.4) is 0 Å². The van der Waals surface area contributed by atoms with E-state index in [1.165, 1.54) is 13.3 Å². The van der Waals surface area contributed by atoms with E-state index in [0.717, 1.165) is 6.42 Å². The molecule has 3 aromatic rings. The standard InChI is InChI=1S/C27H26ClN3O6/c1-3-14-36-22-11-7-20(8-12-22)27(34)37-23-13-4-18(15-24(23)35-2)16-30-31-25(32)17-29-26(33)19-5-9-21(28)10-6-19/h4-13,15-16H,3,14,17H2,1-2H3,(H,29,33)(H,31,32)/b30-16+. The number of ether oxygens (including phenoxy) is 3. The highest BCUT2D eigenvalue weighted by Crippen LogP contribution is 2.28. The average molecular weight is 524 g/mol. The van der Waals surface area contributed by atoms with Gasteiger partial charge in [-0.3, -0.25) is 9.59 Å². The van der Waals surface area contributed by atoms with E-state index in [2.05, 4.69) is 15.8 Å². The second-order valence-corrected chi connectivity index (χ2v) is 8.09. The minimum absolute atomic E-state index is 0.227. The lowest BCUT2D eigenvalue weighted by Crippen LogP contribution is -2.34. The Balaban J connectivity index is 1.52. The highest BCUT2D eigenvalue weighted by Gasteiger charge is 2.13. The van der Waals surface area contributed by atoms with E-state index in [0.29, 0.717) is 39.8 Å². The first kappa shape index (κ1) is 27.2. The Morgan fingerprint density at radius 3 is 2.32 bits per heavy atom. The van der Waals surface area contributed by atoms with Crippen molar-refractivity contribution in [3.05, 3.63) is 88.4 Å². The molecule has 0 atom stereocenters. The fourth-order valence-electron chi connectivity index (χ4n) is 3.00. The molecule has 0 saturated carbocycles. The van der Waals surface area contributed by atoms with Crippen molar-refractivity contribution in [2.75, 3.05) is 20.3 Å². The summed E-state index contributed by atoms with van der Waals surface area (Å²) in [6, 6.07) is 17.8. The lowest BCUT2D eigenvalue weighted by atomic mass is 10.2. The molecule has 0 aromatic heterocycles. The van der Waals surface area contributed by atoms with Crippen LogP contribution in [0.5, 0.6) is 17.2 Å². The number of hydrogen-bond acceptors (Lipinski definition) is 7. The van der Waals surface area contributed by atoms with E-state index in [9.17, 15) is 14.4 Å². The van der Waals surface area contributed by atoms with Crippen molar-refractivity contribution < 1.29 is 28.6 Å². The fraction of sp³-hybridized carbons (Fsp3) is 0.185. The van der Waals surface area contributed by atoms with Gasteiger partial charge in [0.1, 0.15) is 5.75 Å². The van der Waals surface area contributed by atoms with E-state index < -0.39 is 17.8 Å². The molecule has 3 aromatic carbocycles. The monoisotopic (exact) mass is 523 g/mol. The molecule has 0 fully saturated rings. The summed E-state index contributed by atoms with van der Waals surface area (Å²) in [7, 11) is 1.44. The van der Waals surface area contributed by atoms with Crippen molar-refractivity contribution in [3.8, 4) is 17.2 Å².